The minimum absolute atomic E-state index is 0.106. The van der Waals surface area contributed by atoms with Gasteiger partial charge in [-0.1, -0.05) is 53.4 Å². The summed E-state index contributed by atoms with van der Waals surface area (Å²) in [6.07, 6.45) is 7.48. The molecule has 0 unspecified atom stereocenters. The highest BCUT2D eigenvalue weighted by atomic mass is 32.1. The lowest BCUT2D eigenvalue weighted by molar-refractivity contribution is -0.121. The van der Waals surface area contributed by atoms with Crippen LogP contribution in [0.15, 0.2) is 6.07 Å². The van der Waals surface area contributed by atoms with Crippen LogP contribution < -0.4 is 4.90 Å². The third-order valence-electron chi connectivity index (χ3n) is 7.09. The second kappa shape index (κ2) is 6.16. The van der Waals surface area contributed by atoms with Crippen LogP contribution in [0, 0.1) is 30.6 Å². The molecule has 2 fully saturated rings. The number of hydrogen-bond acceptors (Lipinski definition) is 2. The molecule has 2 saturated carbocycles. The SMILES string of the molecule is Cc1cc(N(C(=O)C2C(C)(C)C2(C)C)C2CCCCCC2)sc1C. The van der Waals surface area contributed by atoms with E-state index < -0.39 is 0 Å². The Kier molecular flexibility index (Phi) is 4.61. The van der Waals surface area contributed by atoms with Crippen LogP contribution in [0.1, 0.15) is 76.7 Å². The monoisotopic (exact) mass is 347 g/mol. The molecular formula is C21H33NOS. The summed E-state index contributed by atoms with van der Waals surface area (Å²) in [5.41, 5.74) is 1.53. The van der Waals surface area contributed by atoms with Crippen LogP contribution >= 0.6 is 11.3 Å². The lowest BCUT2D eigenvalue weighted by atomic mass is 10.0. The van der Waals surface area contributed by atoms with Crippen molar-refractivity contribution < 1.29 is 4.79 Å². The van der Waals surface area contributed by atoms with Crippen LogP contribution in [0.5, 0.6) is 0 Å². The Morgan fingerprint density at radius 1 is 1.04 bits per heavy atom. The fourth-order valence-corrected chi connectivity index (χ4v) is 5.72. The molecule has 1 aromatic rings. The van der Waals surface area contributed by atoms with Gasteiger partial charge in [-0.05, 0) is 49.1 Å². The zero-order chi connectivity index (χ0) is 17.7. The van der Waals surface area contributed by atoms with Gasteiger partial charge in [-0.3, -0.25) is 4.79 Å². The standard InChI is InChI=1S/C21H33NOS/c1-14-13-17(24-15(14)2)22(16-11-9-7-8-10-12-16)19(23)18-20(3,4)21(18,5)6/h13,16,18H,7-12H2,1-6H3. The summed E-state index contributed by atoms with van der Waals surface area (Å²) >= 11 is 1.80. The summed E-state index contributed by atoms with van der Waals surface area (Å²) in [5, 5.41) is 1.18. The fraction of sp³-hybridized carbons (Fsp3) is 0.762. The van der Waals surface area contributed by atoms with Crippen LogP contribution in [0.2, 0.25) is 0 Å². The van der Waals surface area contributed by atoms with E-state index in [1.807, 2.05) is 0 Å². The Morgan fingerprint density at radius 2 is 1.58 bits per heavy atom. The van der Waals surface area contributed by atoms with Gasteiger partial charge in [0.15, 0.2) is 0 Å². The van der Waals surface area contributed by atoms with Gasteiger partial charge in [-0.2, -0.15) is 0 Å². The maximum absolute atomic E-state index is 13.6. The van der Waals surface area contributed by atoms with Gasteiger partial charge in [0, 0.05) is 16.8 Å². The number of rotatable bonds is 3. The molecule has 0 spiro atoms. The molecule has 2 aliphatic rings. The summed E-state index contributed by atoms with van der Waals surface area (Å²) in [4.78, 5) is 17.2. The molecule has 0 aliphatic heterocycles. The molecule has 24 heavy (non-hydrogen) atoms. The van der Waals surface area contributed by atoms with E-state index in [2.05, 4.69) is 52.5 Å². The number of aryl methyl sites for hydroxylation is 2. The topological polar surface area (TPSA) is 20.3 Å². The van der Waals surface area contributed by atoms with Crippen LogP contribution in [-0.2, 0) is 4.79 Å². The summed E-state index contributed by atoms with van der Waals surface area (Å²) in [7, 11) is 0. The van der Waals surface area contributed by atoms with Crippen molar-refractivity contribution in [3.8, 4) is 0 Å². The van der Waals surface area contributed by atoms with Crippen molar-refractivity contribution >= 4 is 22.2 Å². The van der Waals surface area contributed by atoms with Gasteiger partial charge in [0.2, 0.25) is 5.91 Å². The number of thiophene rings is 1. The van der Waals surface area contributed by atoms with E-state index in [-0.39, 0.29) is 16.7 Å². The quantitative estimate of drug-likeness (QED) is 0.605. The predicted molar refractivity (Wildman–Crippen MR) is 104 cm³/mol. The summed E-state index contributed by atoms with van der Waals surface area (Å²) in [6, 6.07) is 2.63. The summed E-state index contributed by atoms with van der Waals surface area (Å²) in [6.45, 7) is 13.4. The average Bonchev–Trinajstić information content (AvgIpc) is 2.87. The lowest BCUT2D eigenvalue weighted by Crippen LogP contribution is -2.42. The highest BCUT2D eigenvalue weighted by Gasteiger charge is 2.69. The predicted octanol–water partition coefficient (Wildman–Crippen LogP) is 6.10. The molecule has 1 aromatic heterocycles. The molecule has 134 valence electrons. The molecule has 0 saturated heterocycles. The molecule has 3 heteroatoms. The molecule has 0 atom stereocenters. The Bertz CT molecular complexity index is 586. The van der Waals surface area contributed by atoms with Gasteiger partial charge in [0.25, 0.3) is 0 Å². The van der Waals surface area contributed by atoms with Crippen LogP contribution in [-0.4, -0.2) is 11.9 Å². The molecular weight excluding hydrogens is 314 g/mol. The first-order valence-electron chi connectivity index (χ1n) is 9.58. The van der Waals surface area contributed by atoms with Gasteiger partial charge >= 0.3 is 0 Å². The highest BCUT2D eigenvalue weighted by Crippen LogP contribution is 2.69. The van der Waals surface area contributed by atoms with E-state index >= 15 is 0 Å². The molecule has 1 heterocycles. The molecule has 1 amide bonds. The van der Waals surface area contributed by atoms with Crippen molar-refractivity contribution in [2.24, 2.45) is 16.7 Å². The Balaban J connectivity index is 1.94. The first-order chi connectivity index (χ1) is 11.2. The van der Waals surface area contributed by atoms with Crippen LogP contribution in [0.25, 0.3) is 0 Å². The summed E-state index contributed by atoms with van der Waals surface area (Å²) in [5.74, 6) is 0.522. The minimum atomic E-state index is 0.106. The number of amides is 1. The molecule has 2 aliphatic carbocycles. The second-order valence-corrected chi connectivity index (χ2v) is 10.3. The number of nitrogens with zero attached hydrogens (tertiary/aromatic N) is 1. The maximum atomic E-state index is 13.6. The fourth-order valence-electron chi connectivity index (χ4n) is 4.61. The van der Waals surface area contributed by atoms with Gasteiger partial charge in [-0.15, -0.1) is 11.3 Å². The van der Waals surface area contributed by atoms with E-state index in [0.717, 1.165) is 12.8 Å². The van der Waals surface area contributed by atoms with Gasteiger partial charge in [0.05, 0.1) is 5.00 Å². The number of carbonyl (C=O) groups excluding carboxylic acids is 1. The van der Waals surface area contributed by atoms with Crippen molar-refractivity contribution in [2.45, 2.75) is 86.1 Å². The molecule has 3 rings (SSSR count). The number of hydrogen-bond donors (Lipinski definition) is 0. The largest absolute Gasteiger partial charge is 0.300 e. The Morgan fingerprint density at radius 3 is 2.00 bits per heavy atom. The first kappa shape index (κ1) is 18.0. The van der Waals surface area contributed by atoms with Gasteiger partial charge in [0.1, 0.15) is 0 Å². The van der Waals surface area contributed by atoms with E-state index in [9.17, 15) is 4.79 Å². The van der Waals surface area contributed by atoms with Gasteiger partial charge in [-0.25, -0.2) is 0 Å². The first-order valence-corrected chi connectivity index (χ1v) is 10.4. The average molecular weight is 348 g/mol. The second-order valence-electron chi connectivity index (χ2n) is 9.05. The Hall–Kier alpha value is -0.830. The van der Waals surface area contributed by atoms with Crippen LogP contribution in [0.4, 0.5) is 5.00 Å². The highest BCUT2D eigenvalue weighted by molar-refractivity contribution is 7.16. The lowest BCUT2D eigenvalue weighted by Gasteiger charge is -2.31. The normalized spacial score (nSPS) is 23.8. The third-order valence-corrected chi connectivity index (χ3v) is 8.24. The van der Waals surface area contributed by atoms with Crippen molar-refractivity contribution in [1.82, 2.24) is 0 Å². The van der Waals surface area contributed by atoms with Crippen molar-refractivity contribution in [3.05, 3.63) is 16.5 Å². The molecule has 2 nitrogen and oxygen atoms in total. The molecule has 0 aromatic carbocycles. The molecule has 0 radical (unpaired) electrons. The zero-order valence-electron chi connectivity index (χ0n) is 16.2. The van der Waals surface area contributed by atoms with Crippen molar-refractivity contribution in [1.29, 1.82) is 0 Å². The third kappa shape index (κ3) is 2.83. The van der Waals surface area contributed by atoms with Crippen molar-refractivity contribution in [2.75, 3.05) is 4.90 Å². The number of carbonyl (C=O) groups is 1. The van der Waals surface area contributed by atoms with E-state index in [0.29, 0.717) is 11.9 Å². The zero-order valence-corrected chi connectivity index (χ0v) is 17.1. The van der Waals surface area contributed by atoms with E-state index in [1.165, 1.54) is 41.1 Å². The van der Waals surface area contributed by atoms with Crippen LogP contribution in [0.3, 0.4) is 0 Å². The molecule has 0 bridgehead atoms. The van der Waals surface area contributed by atoms with E-state index in [1.54, 1.807) is 11.3 Å². The maximum Gasteiger partial charge on any atom is 0.232 e. The Labute approximate surface area is 151 Å². The van der Waals surface area contributed by atoms with E-state index in [4.69, 9.17) is 0 Å². The van der Waals surface area contributed by atoms with Gasteiger partial charge < -0.3 is 4.90 Å². The number of anilines is 1. The van der Waals surface area contributed by atoms with Crippen molar-refractivity contribution in [3.63, 3.8) is 0 Å². The summed E-state index contributed by atoms with van der Waals surface area (Å²) < 4.78 is 0. The minimum Gasteiger partial charge on any atom is -0.300 e. The smallest absolute Gasteiger partial charge is 0.232 e. The molecule has 0 N–H and O–H groups in total.